The van der Waals surface area contributed by atoms with Crippen LogP contribution in [0.25, 0.3) is 0 Å². The standard InChI is InChI=1S/C13H27NO/c1-10(2)13(6)9-14-8-11(15-13)7-12(3,4)5/h10-11,14H,7-9H2,1-6H3. The third-order valence-electron chi connectivity index (χ3n) is 3.35. The van der Waals surface area contributed by atoms with Gasteiger partial charge >= 0.3 is 0 Å². The molecule has 1 fully saturated rings. The van der Waals surface area contributed by atoms with Crippen molar-refractivity contribution in [2.24, 2.45) is 11.3 Å². The molecule has 2 unspecified atom stereocenters. The summed E-state index contributed by atoms with van der Waals surface area (Å²) in [6.45, 7) is 15.5. The zero-order valence-corrected chi connectivity index (χ0v) is 11.2. The highest BCUT2D eigenvalue weighted by molar-refractivity contribution is 4.89. The molecule has 1 rings (SSSR count). The summed E-state index contributed by atoms with van der Waals surface area (Å²) in [5, 5.41) is 3.50. The van der Waals surface area contributed by atoms with Crippen LogP contribution < -0.4 is 5.32 Å². The maximum Gasteiger partial charge on any atom is 0.0805 e. The highest BCUT2D eigenvalue weighted by Crippen LogP contribution is 2.30. The topological polar surface area (TPSA) is 21.3 Å². The van der Waals surface area contributed by atoms with E-state index in [1.165, 1.54) is 0 Å². The zero-order chi connectivity index (χ0) is 11.7. The molecule has 0 aliphatic carbocycles. The van der Waals surface area contributed by atoms with E-state index in [9.17, 15) is 0 Å². The van der Waals surface area contributed by atoms with E-state index in [4.69, 9.17) is 4.74 Å². The Morgan fingerprint density at radius 2 is 2.00 bits per heavy atom. The van der Waals surface area contributed by atoms with Gasteiger partial charge in [-0.3, -0.25) is 0 Å². The Bertz CT molecular complexity index is 207. The van der Waals surface area contributed by atoms with Crippen LogP contribution >= 0.6 is 0 Å². The fourth-order valence-corrected chi connectivity index (χ4v) is 2.08. The van der Waals surface area contributed by atoms with E-state index < -0.39 is 0 Å². The zero-order valence-electron chi connectivity index (χ0n) is 11.2. The fraction of sp³-hybridized carbons (Fsp3) is 1.00. The van der Waals surface area contributed by atoms with Crippen LogP contribution in [0.2, 0.25) is 0 Å². The summed E-state index contributed by atoms with van der Waals surface area (Å²) >= 11 is 0. The van der Waals surface area contributed by atoms with Crippen molar-refractivity contribution < 1.29 is 4.74 Å². The van der Waals surface area contributed by atoms with Crippen LogP contribution in [0, 0.1) is 11.3 Å². The summed E-state index contributed by atoms with van der Waals surface area (Å²) in [5.74, 6) is 0.563. The molecule has 0 bridgehead atoms. The van der Waals surface area contributed by atoms with Crippen LogP contribution in [0.15, 0.2) is 0 Å². The third kappa shape index (κ3) is 3.76. The Hall–Kier alpha value is -0.0800. The predicted octanol–water partition coefficient (Wildman–Crippen LogP) is 2.83. The summed E-state index contributed by atoms with van der Waals surface area (Å²) in [4.78, 5) is 0. The first-order valence-corrected chi connectivity index (χ1v) is 6.11. The lowest BCUT2D eigenvalue weighted by Crippen LogP contribution is -2.55. The van der Waals surface area contributed by atoms with Gasteiger partial charge in [0.25, 0.3) is 0 Å². The summed E-state index contributed by atoms with van der Waals surface area (Å²) in [6, 6.07) is 0. The van der Waals surface area contributed by atoms with Crippen molar-refractivity contribution in [3.05, 3.63) is 0 Å². The molecule has 1 heterocycles. The molecule has 0 aromatic carbocycles. The normalized spacial score (nSPS) is 33.4. The Morgan fingerprint density at radius 1 is 1.40 bits per heavy atom. The number of ether oxygens (including phenoxy) is 1. The van der Waals surface area contributed by atoms with Crippen LogP contribution in [-0.4, -0.2) is 24.8 Å². The predicted molar refractivity (Wildman–Crippen MR) is 65.1 cm³/mol. The molecule has 0 aromatic rings. The Balaban J connectivity index is 2.56. The van der Waals surface area contributed by atoms with Crippen molar-refractivity contribution in [3.8, 4) is 0 Å². The van der Waals surface area contributed by atoms with Gasteiger partial charge in [0.2, 0.25) is 0 Å². The van der Waals surface area contributed by atoms with Gasteiger partial charge in [-0.2, -0.15) is 0 Å². The van der Waals surface area contributed by atoms with Crippen molar-refractivity contribution in [2.45, 2.75) is 59.7 Å². The van der Waals surface area contributed by atoms with Crippen molar-refractivity contribution in [1.82, 2.24) is 5.32 Å². The molecule has 0 saturated carbocycles. The van der Waals surface area contributed by atoms with Gasteiger partial charge in [0.05, 0.1) is 11.7 Å². The molecule has 0 aromatic heterocycles. The molecular weight excluding hydrogens is 186 g/mol. The minimum Gasteiger partial charge on any atom is -0.369 e. The summed E-state index contributed by atoms with van der Waals surface area (Å²) in [5.41, 5.74) is 0.357. The maximum atomic E-state index is 6.25. The van der Waals surface area contributed by atoms with Crippen molar-refractivity contribution in [1.29, 1.82) is 0 Å². The lowest BCUT2D eigenvalue weighted by Gasteiger charge is -2.43. The minimum atomic E-state index is 0.00810. The molecule has 1 aliphatic heterocycles. The second-order valence-corrected chi connectivity index (χ2v) is 6.60. The molecule has 2 atom stereocenters. The van der Waals surface area contributed by atoms with E-state index in [-0.39, 0.29) is 5.60 Å². The Morgan fingerprint density at radius 3 is 2.47 bits per heavy atom. The first-order valence-electron chi connectivity index (χ1n) is 6.11. The van der Waals surface area contributed by atoms with E-state index in [0.717, 1.165) is 19.5 Å². The van der Waals surface area contributed by atoms with Gasteiger partial charge < -0.3 is 10.1 Å². The average molecular weight is 213 g/mol. The van der Waals surface area contributed by atoms with Crippen LogP contribution in [0.5, 0.6) is 0 Å². The van der Waals surface area contributed by atoms with E-state index in [1.807, 2.05) is 0 Å². The van der Waals surface area contributed by atoms with Gasteiger partial charge in [-0.05, 0) is 24.7 Å². The smallest absolute Gasteiger partial charge is 0.0805 e. The van der Waals surface area contributed by atoms with Gasteiger partial charge in [0.15, 0.2) is 0 Å². The molecular formula is C13H27NO. The van der Waals surface area contributed by atoms with E-state index in [2.05, 4.69) is 46.9 Å². The lowest BCUT2D eigenvalue weighted by molar-refractivity contribution is -0.139. The van der Waals surface area contributed by atoms with Crippen molar-refractivity contribution >= 4 is 0 Å². The van der Waals surface area contributed by atoms with Gasteiger partial charge in [-0.15, -0.1) is 0 Å². The number of rotatable bonds is 2. The van der Waals surface area contributed by atoms with Gasteiger partial charge in [-0.1, -0.05) is 34.6 Å². The summed E-state index contributed by atoms with van der Waals surface area (Å²) < 4.78 is 6.25. The molecule has 15 heavy (non-hydrogen) atoms. The second-order valence-electron chi connectivity index (χ2n) is 6.60. The summed E-state index contributed by atoms with van der Waals surface area (Å²) in [6.07, 6.45) is 1.49. The first-order chi connectivity index (χ1) is 6.73. The molecule has 0 amide bonds. The Kier molecular flexibility index (Phi) is 3.83. The van der Waals surface area contributed by atoms with Gasteiger partial charge in [-0.25, -0.2) is 0 Å². The quantitative estimate of drug-likeness (QED) is 0.761. The average Bonchev–Trinajstić information content (AvgIpc) is 2.00. The van der Waals surface area contributed by atoms with Crippen LogP contribution in [0.1, 0.15) is 48.0 Å². The third-order valence-corrected chi connectivity index (χ3v) is 3.35. The minimum absolute atomic E-state index is 0.00810. The monoisotopic (exact) mass is 213 g/mol. The van der Waals surface area contributed by atoms with Gasteiger partial charge in [0, 0.05) is 13.1 Å². The van der Waals surface area contributed by atoms with E-state index in [1.54, 1.807) is 0 Å². The summed E-state index contributed by atoms with van der Waals surface area (Å²) in [7, 11) is 0. The number of hydrogen-bond donors (Lipinski definition) is 1. The highest BCUT2D eigenvalue weighted by atomic mass is 16.5. The molecule has 1 saturated heterocycles. The number of hydrogen-bond acceptors (Lipinski definition) is 2. The number of morpholine rings is 1. The van der Waals surface area contributed by atoms with Crippen molar-refractivity contribution in [3.63, 3.8) is 0 Å². The van der Waals surface area contributed by atoms with E-state index in [0.29, 0.717) is 17.4 Å². The fourth-order valence-electron chi connectivity index (χ4n) is 2.08. The number of nitrogens with one attached hydrogen (secondary N) is 1. The molecule has 0 spiro atoms. The molecule has 1 N–H and O–H groups in total. The van der Waals surface area contributed by atoms with Gasteiger partial charge in [0.1, 0.15) is 0 Å². The molecule has 1 aliphatic rings. The van der Waals surface area contributed by atoms with Crippen LogP contribution in [0.3, 0.4) is 0 Å². The largest absolute Gasteiger partial charge is 0.369 e. The molecule has 2 heteroatoms. The Labute approximate surface area is 94.8 Å². The lowest BCUT2D eigenvalue weighted by atomic mass is 9.86. The molecule has 90 valence electrons. The van der Waals surface area contributed by atoms with E-state index >= 15 is 0 Å². The van der Waals surface area contributed by atoms with Crippen LogP contribution in [0.4, 0.5) is 0 Å². The second kappa shape index (κ2) is 4.42. The SMILES string of the molecule is CC(C)C1(C)CNCC(CC(C)(C)C)O1. The van der Waals surface area contributed by atoms with Crippen LogP contribution in [-0.2, 0) is 4.74 Å². The molecule has 2 nitrogen and oxygen atoms in total. The molecule has 0 radical (unpaired) electrons. The van der Waals surface area contributed by atoms with Crippen molar-refractivity contribution in [2.75, 3.05) is 13.1 Å². The first kappa shape index (κ1) is 13.0. The maximum absolute atomic E-state index is 6.25. The highest BCUT2D eigenvalue weighted by Gasteiger charge is 2.36.